The van der Waals surface area contributed by atoms with E-state index in [0.717, 1.165) is 16.7 Å². The summed E-state index contributed by atoms with van der Waals surface area (Å²) in [6, 6.07) is 7.75. The molecule has 1 atom stereocenters. The van der Waals surface area contributed by atoms with Crippen molar-refractivity contribution >= 4 is 11.0 Å². The van der Waals surface area contributed by atoms with E-state index >= 15 is 0 Å². The van der Waals surface area contributed by atoms with E-state index in [9.17, 15) is 5.11 Å². The highest BCUT2D eigenvalue weighted by molar-refractivity contribution is 5.73. The van der Waals surface area contributed by atoms with Crippen LogP contribution in [-0.4, -0.2) is 41.4 Å². The summed E-state index contributed by atoms with van der Waals surface area (Å²) >= 11 is 0. The third-order valence-electron chi connectivity index (χ3n) is 2.54. The molecule has 1 heterocycles. The van der Waals surface area contributed by atoms with Gasteiger partial charge < -0.3 is 15.2 Å². The second-order valence-electron chi connectivity index (χ2n) is 4.09. The summed E-state index contributed by atoms with van der Waals surface area (Å²) in [4.78, 5) is 8.81. The van der Waals surface area contributed by atoms with Gasteiger partial charge in [0.05, 0.1) is 35.6 Å². The summed E-state index contributed by atoms with van der Waals surface area (Å²) in [5, 5.41) is 12.6. The second-order valence-corrected chi connectivity index (χ2v) is 4.09. The fraction of sp³-hybridized carbons (Fsp3) is 0.385. The van der Waals surface area contributed by atoms with Crippen LogP contribution >= 0.6 is 0 Å². The highest BCUT2D eigenvalue weighted by Gasteiger charge is 2.03. The molecular formula is C13H17N3O2. The Labute approximate surface area is 106 Å². The Balaban J connectivity index is 1.91. The van der Waals surface area contributed by atoms with Crippen LogP contribution in [0, 0.1) is 0 Å². The maximum Gasteiger partial charge on any atom is 0.0897 e. The molecular weight excluding hydrogens is 230 g/mol. The number of nitrogens with one attached hydrogen (secondary N) is 1. The fourth-order valence-corrected chi connectivity index (χ4v) is 1.70. The molecule has 18 heavy (non-hydrogen) atoms. The van der Waals surface area contributed by atoms with Crippen molar-refractivity contribution in [2.45, 2.75) is 12.6 Å². The van der Waals surface area contributed by atoms with Gasteiger partial charge in [0, 0.05) is 20.2 Å². The van der Waals surface area contributed by atoms with Crippen molar-refractivity contribution in [1.82, 2.24) is 15.3 Å². The summed E-state index contributed by atoms with van der Waals surface area (Å²) in [5.74, 6) is 0. The molecule has 0 aliphatic heterocycles. The van der Waals surface area contributed by atoms with Crippen LogP contribution in [0.15, 0.2) is 30.5 Å². The first-order chi connectivity index (χ1) is 8.79. The lowest BCUT2D eigenvalue weighted by Gasteiger charge is -2.10. The number of hydrogen-bond acceptors (Lipinski definition) is 5. The molecule has 5 nitrogen and oxygen atoms in total. The van der Waals surface area contributed by atoms with Gasteiger partial charge in [0.1, 0.15) is 0 Å². The number of aliphatic hydroxyl groups excluding tert-OH is 1. The lowest BCUT2D eigenvalue weighted by molar-refractivity contribution is 0.0643. The van der Waals surface area contributed by atoms with Gasteiger partial charge in [-0.15, -0.1) is 0 Å². The minimum Gasteiger partial charge on any atom is -0.389 e. The van der Waals surface area contributed by atoms with Crippen molar-refractivity contribution in [2.75, 3.05) is 20.3 Å². The molecule has 2 rings (SSSR count). The quantitative estimate of drug-likeness (QED) is 0.787. The molecule has 2 N–H and O–H groups in total. The summed E-state index contributed by atoms with van der Waals surface area (Å²) in [7, 11) is 1.57. The Morgan fingerprint density at radius 2 is 2.11 bits per heavy atom. The Bertz CT molecular complexity index is 504. The zero-order valence-electron chi connectivity index (χ0n) is 10.3. The van der Waals surface area contributed by atoms with Crippen LogP contribution in [0.5, 0.6) is 0 Å². The molecule has 0 spiro atoms. The number of hydrogen-bond donors (Lipinski definition) is 2. The zero-order chi connectivity index (χ0) is 12.8. The predicted molar refractivity (Wildman–Crippen MR) is 69.1 cm³/mol. The van der Waals surface area contributed by atoms with Gasteiger partial charge in [0.15, 0.2) is 0 Å². The number of methoxy groups -OCH3 is 1. The lowest BCUT2D eigenvalue weighted by Crippen LogP contribution is -2.29. The molecule has 0 radical (unpaired) electrons. The van der Waals surface area contributed by atoms with Gasteiger partial charge in [-0.3, -0.25) is 4.98 Å². The summed E-state index contributed by atoms with van der Waals surface area (Å²) < 4.78 is 4.85. The predicted octanol–water partition coefficient (Wildman–Crippen LogP) is 0.727. The van der Waals surface area contributed by atoms with E-state index in [0.29, 0.717) is 19.7 Å². The van der Waals surface area contributed by atoms with Crippen LogP contribution in [-0.2, 0) is 11.3 Å². The molecule has 1 aromatic heterocycles. The molecule has 0 amide bonds. The zero-order valence-corrected chi connectivity index (χ0v) is 10.3. The van der Waals surface area contributed by atoms with Crippen LogP contribution in [0.3, 0.4) is 0 Å². The van der Waals surface area contributed by atoms with Crippen molar-refractivity contribution in [2.24, 2.45) is 0 Å². The van der Waals surface area contributed by atoms with Gasteiger partial charge in [0.2, 0.25) is 0 Å². The topological polar surface area (TPSA) is 67.3 Å². The first kappa shape index (κ1) is 12.9. The molecule has 1 aromatic carbocycles. The van der Waals surface area contributed by atoms with Crippen molar-refractivity contribution < 1.29 is 9.84 Å². The highest BCUT2D eigenvalue weighted by Crippen LogP contribution is 2.08. The Kier molecular flexibility index (Phi) is 4.58. The maximum absolute atomic E-state index is 9.48. The van der Waals surface area contributed by atoms with Crippen LogP contribution in [0.25, 0.3) is 11.0 Å². The minimum atomic E-state index is -0.497. The third kappa shape index (κ3) is 3.46. The average molecular weight is 247 g/mol. The van der Waals surface area contributed by atoms with Crippen molar-refractivity contribution in [3.8, 4) is 0 Å². The van der Waals surface area contributed by atoms with E-state index in [-0.39, 0.29) is 0 Å². The summed E-state index contributed by atoms with van der Waals surface area (Å²) in [6.07, 6.45) is 1.25. The second kappa shape index (κ2) is 6.39. The van der Waals surface area contributed by atoms with Crippen LogP contribution < -0.4 is 5.32 Å². The largest absolute Gasteiger partial charge is 0.389 e. The van der Waals surface area contributed by atoms with Crippen molar-refractivity contribution in [3.63, 3.8) is 0 Å². The van der Waals surface area contributed by atoms with Crippen LogP contribution in [0.2, 0.25) is 0 Å². The number of aromatic nitrogens is 2. The first-order valence-electron chi connectivity index (χ1n) is 5.88. The van der Waals surface area contributed by atoms with Gasteiger partial charge in [-0.05, 0) is 12.1 Å². The van der Waals surface area contributed by atoms with Crippen LogP contribution in [0.1, 0.15) is 5.69 Å². The monoisotopic (exact) mass is 247 g/mol. The number of fused-ring (bicyclic) bond motifs is 1. The number of nitrogens with zero attached hydrogens (tertiary/aromatic N) is 2. The molecule has 0 aliphatic rings. The smallest absolute Gasteiger partial charge is 0.0897 e. The molecule has 5 heteroatoms. The van der Waals surface area contributed by atoms with Crippen molar-refractivity contribution in [1.29, 1.82) is 0 Å². The molecule has 0 saturated heterocycles. The fourth-order valence-electron chi connectivity index (χ4n) is 1.70. The third-order valence-corrected chi connectivity index (χ3v) is 2.54. The Morgan fingerprint density at radius 1 is 1.33 bits per heavy atom. The Morgan fingerprint density at radius 3 is 2.89 bits per heavy atom. The minimum absolute atomic E-state index is 0.330. The maximum atomic E-state index is 9.48. The summed E-state index contributed by atoms with van der Waals surface area (Å²) in [5.41, 5.74) is 2.63. The summed E-state index contributed by atoms with van der Waals surface area (Å²) in [6.45, 7) is 1.39. The molecule has 0 saturated carbocycles. The number of benzene rings is 1. The van der Waals surface area contributed by atoms with Crippen molar-refractivity contribution in [3.05, 3.63) is 36.2 Å². The van der Waals surface area contributed by atoms with E-state index in [2.05, 4.69) is 15.3 Å². The van der Waals surface area contributed by atoms with E-state index in [1.54, 1.807) is 13.3 Å². The van der Waals surface area contributed by atoms with Gasteiger partial charge in [0.25, 0.3) is 0 Å². The Hall–Kier alpha value is -1.56. The van der Waals surface area contributed by atoms with Gasteiger partial charge in [-0.25, -0.2) is 4.98 Å². The number of ether oxygens (including phenoxy) is 1. The number of para-hydroxylation sites is 2. The first-order valence-corrected chi connectivity index (χ1v) is 5.88. The van der Waals surface area contributed by atoms with Gasteiger partial charge >= 0.3 is 0 Å². The average Bonchev–Trinajstić information content (AvgIpc) is 2.39. The normalized spacial score (nSPS) is 12.8. The molecule has 1 unspecified atom stereocenters. The van der Waals surface area contributed by atoms with Gasteiger partial charge in [-0.1, -0.05) is 12.1 Å². The molecule has 96 valence electrons. The van der Waals surface area contributed by atoms with Crippen LogP contribution in [0.4, 0.5) is 0 Å². The molecule has 0 aliphatic carbocycles. The van der Waals surface area contributed by atoms with E-state index in [1.165, 1.54) is 0 Å². The molecule has 0 fully saturated rings. The highest BCUT2D eigenvalue weighted by atomic mass is 16.5. The van der Waals surface area contributed by atoms with E-state index in [1.807, 2.05) is 24.3 Å². The molecule has 0 bridgehead atoms. The van der Waals surface area contributed by atoms with E-state index < -0.39 is 6.10 Å². The number of aliphatic hydroxyl groups is 1. The lowest BCUT2D eigenvalue weighted by atomic mass is 10.3. The van der Waals surface area contributed by atoms with Gasteiger partial charge in [-0.2, -0.15) is 0 Å². The SMILES string of the molecule is COCC(O)CNCc1cnc2ccccc2n1. The molecule has 2 aromatic rings. The standard InChI is InChI=1S/C13H17N3O2/c1-18-9-11(17)8-14-6-10-7-15-12-4-2-3-5-13(12)16-10/h2-5,7,11,14,17H,6,8-9H2,1H3. The van der Waals surface area contributed by atoms with E-state index in [4.69, 9.17) is 4.74 Å². The number of rotatable bonds is 6.